The summed E-state index contributed by atoms with van der Waals surface area (Å²) in [6.07, 6.45) is 3.83. The van der Waals surface area contributed by atoms with E-state index in [1.54, 1.807) is 0 Å². The Hall–Kier alpha value is -0.0513. The average molecular weight is 268 g/mol. The van der Waals surface area contributed by atoms with Crippen LogP contribution in [0, 0.1) is 0 Å². The van der Waals surface area contributed by atoms with Crippen LogP contribution in [0.15, 0.2) is 24.5 Å². The van der Waals surface area contributed by atoms with Gasteiger partial charge in [0.2, 0.25) is 0 Å². The molecule has 1 aromatic heterocycles. The SMILES string of the molecule is C[C](C)(C)[Sn][CH2]c1cccnc1. The van der Waals surface area contributed by atoms with Gasteiger partial charge in [0.25, 0.3) is 0 Å². The van der Waals surface area contributed by atoms with Gasteiger partial charge in [-0.25, -0.2) is 0 Å². The first-order chi connectivity index (χ1) is 5.58. The summed E-state index contributed by atoms with van der Waals surface area (Å²) in [5, 5.41) is 0. The number of pyridine rings is 1. The first-order valence-electron chi connectivity index (χ1n) is 4.22. The average Bonchev–Trinajstić information content (AvgIpc) is 2.02. The van der Waals surface area contributed by atoms with Crippen LogP contribution in [-0.4, -0.2) is 26.1 Å². The van der Waals surface area contributed by atoms with E-state index in [4.69, 9.17) is 0 Å². The minimum atomic E-state index is -0.260. The van der Waals surface area contributed by atoms with Crippen LogP contribution in [0.3, 0.4) is 0 Å². The number of hydrogen-bond donors (Lipinski definition) is 0. The van der Waals surface area contributed by atoms with Crippen molar-refractivity contribution in [3.63, 3.8) is 0 Å². The maximum absolute atomic E-state index is 4.11. The molecule has 0 aliphatic rings. The molecular formula is C10H15NSn. The topological polar surface area (TPSA) is 12.9 Å². The molecule has 2 heteroatoms. The second-order valence-electron chi connectivity index (χ2n) is 3.96. The van der Waals surface area contributed by atoms with E-state index in [0.717, 1.165) is 0 Å². The quantitative estimate of drug-likeness (QED) is 0.751. The Balaban J connectivity index is 2.44. The van der Waals surface area contributed by atoms with Crippen LogP contribution in [0.5, 0.6) is 0 Å². The summed E-state index contributed by atoms with van der Waals surface area (Å²) in [6.45, 7) is 7.03. The van der Waals surface area contributed by atoms with Crippen molar-refractivity contribution in [1.82, 2.24) is 4.98 Å². The summed E-state index contributed by atoms with van der Waals surface area (Å²) in [4.78, 5) is 4.11. The predicted octanol–water partition coefficient (Wildman–Crippen LogP) is 2.50. The minimum absolute atomic E-state index is 0.260. The van der Waals surface area contributed by atoms with Gasteiger partial charge < -0.3 is 0 Å². The van der Waals surface area contributed by atoms with Gasteiger partial charge in [0, 0.05) is 0 Å². The molecule has 1 heterocycles. The molecule has 0 fully saturated rings. The first-order valence-corrected chi connectivity index (χ1v) is 7.66. The molecule has 1 nitrogen and oxygen atoms in total. The molecule has 0 atom stereocenters. The Morgan fingerprint density at radius 1 is 1.42 bits per heavy atom. The van der Waals surface area contributed by atoms with Crippen LogP contribution in [0.25, 0.3) is 0 Å². The van der Waals surface area contributed by atoms with E-state index in [2.05, 4.69) is 31.8 Å². The molecule has 0 unspecified atom stereocenters. The Bertz CT molecular complexity index is 225. The molecule has 1 rings (SSSR count). The van der Waals surface area contributed by atoms with E-state index >= 15 is 0 Å². The third kappa shape index (κ3) is 4.09. The van der Waals surface area contributed by atoms with Gasteiger partial charge in [-0.3, -0.25) is 0 Å². The zero-order valence-corrected chi connectivity index (χ0v) is 10.8. The van der Waals surface area contributed by atoms with E-state index < -0.39 is 0 Å². The fourth-order valence-corrected chi connectivity index (χ4v) is 3.56. The van der Waals surface area contributed by atoms with E-state index in [-0.39, 0.29) is 21.1 Å². The van der Waals surface area contributed by atoms with E-state index in [0.29, 0.717) is 3.43 Å². The van der Waals surface area contributed by atoms with Crippen LogP contribution in [0.1, 0.15) is 26.3 Å². The fourth-order valence-electron chi connectivity index (χ4n) is 0.870. The van der Waals surface area contributed by atoms with Crippen molar-refractivity contribution < 1.29 is 0 Å². The van der Waals surface area contributed by atoms with Gasteiger partial charge in [0.1, 0.15) is 0 Å². The number of hydrogen-bond acceptors (Lipinski definition) is 1. The summed E-state index contributed by atoms with van der Waals surface area (Å²) < 4.78 is 1.90. The van der Waals surface area contributed by atoms with Crippen molar-refractivity contribution >= 4 is 21.1 Å². The summed E-state index contributed by atoms with van der Waals surface area (Å²) in [6, 6.07) is 4.21. The molecule has 64 valence electrons. The third-order valence-electron chi connectivity index (χ3n) is 1.55. The van der Waals surface area contributed by atoms with Crippen molar-refractivity contribution in [2.45, 2.75) is 28.6 Å². The monoisotopic (exact) mass is 269 g/mol. The molecule has 0 amide bonds. The van der Waals surface area contributed by atoms with Gasteiger partial charge in [-0.2, -0.15) is 0 Å². The van der Waals surface area contributed by atoms with Crippen LogP contribution in [0.4, 0.5) is 0 Å². The van der Waals surface area contributed by atoms with Crippen LogP contribution in [0.2, 0.25) is 3.43 Å². The molecule has 0 aromatic carbocycles. The molecule has 0 saturated carbocycles. The Morgan fingerprint density at radius 3 is 2.67 bits per heavy atom. The van der Waals surface area contributed by atoms with E-state index in [1.165, 1.54) is 10.0 Å². The number of nitrogens with zero attached hydrogens (tertiary/aromatic N) is 1. The molecule has 2 radical (unpaired) electrons. The normalized spacial score (nSPS) is 11.6. The van der Waals surface area contributed by atoms with Crippen LogP contribution in [-0.2, 0) is 4.44 Å². The molecule has 0 spiro atoms. The predicted molar refractivity (Wildman–Crippen MR) is 53.4 cm³/mol. The fraction of sp³-hybridized carbons (Fsp3) is 0.500. The zero-order valence-electron chi connectivity index (χ0n) is 7.96. The maximum atomic E-state index is 4.11. The van der Waals surface area contributed by atoms with Crippen LogP contribution >= 0.6 is 0 Å². The van der Waals surface area contributed by atoms with Gasteiger partial charge in [-0.05, 0) is 0 Å². The van der Waals surface area contributed by atoms with Crippen molar-refractivity contribution in [2.24, 2.45) is 0 Å². The molecular weight excluding hydrogens is 253 g/mol. The van der Waals surface area contributed by atoms with Gasteiger partial charge in [-0.15, -0.1) is 0 Å². The zero-order chi connectivity index (χ0) is 9.03. The summed E-state index contributed by atoms with van der Waals surface area (Å²) >= 11 is -0.260. The second kappa shape index (κ2) is 4.26. The van der Waals surface area contributed by atoms with Gasteiger partial charge >= 0.3 is 84.9 Å². The van der Waals surface area contributed by atoms with Crippen molar-refractivity contribution in [3.8, 4) is 0 Å². The van der Waals surface area contributed by atoms with Crippen molar-refractivity contribution in [1.29, 1.82) is 0 Å². The third-order valence-corrected chi connectivity index (χ3v) is 6.24. The molecule has 0 saturated heterocycles. The van der Waals surface area contributed by atoms with Gasteiger partial charge in [-0.1, -0.05) is 0 Å². The standard InChI is InChI=1S/C6H6N.C4H9.Sn/c1-6-3-2-4-7-5-6;1-4(2)3;/h2-5H,1H2;1-3H3;. The van der Waals surface area contributed by atoms with Gasteiger partial charge in [0.15, 0.2) is 0 Å². The molecule has 0 aliphatic carbocycles. The van der Waals surface area contributed by atoms with E-state index in [9.17, 15) is 0 Å². The number of rotatable bonds is 2. The second-order valence-corrected chi connectivity index (χ2v) is 10.3. The molecule has 1 aromatic rings. The number of aromatic nitrogens is 1. The molecule has 12 heavy (non-hydrogen) atoms. The first kappa shape index (κ1) is 10.0. The van der Waals surface area contributed by atoms with Crippen molar-refractivity contribution in [3.05, 3.63) is 30.1 Å². The summed E-state index contributed by atoms with van der Waals surface area (Å²) in [5.41, 5.74) is 1.42. The van der Waals surface area contributed by atoms with Crippen LogP contribution < -0.4 is 0 Å². The van der Waals surface area contributed by atoms with Gasteiger partial charge in [0.05, 0.1) is 0 Å². The molecule has 0 bridgehead atoms. The summed E-state index contributed by atoms with van der Waals surface area (Å²) in [5.74, 6) is 0. The Kier molecular flexibility index (Phi) is 3.56. The molecule has 0 N–H and O–H groups in total. The Morgan fingerprint density at radius 2 is 2.17 bits per heavy atom. The van der Waals surface area contributed by atoms with Crippen molar-refractivity contribution in [2.75, 3.05) is 0 Å². The Labute approximate surface area is 84.8 Å². The molecule has 0 aliphatic heterocycles. The van der Waals surface area contributed by atoms with E-state index in [1.807, 2.05) is 18.5 Å². The summed E-state index contributed by atoms with van der Waals surface area (Å²) in [7, 11) is 0.